The number of carbonyl (C=O) groups excluding carboxylic acids is 3. The fraction of sp³-hybridized carbons (Fsp3) is 0.211. The monoisotopic (exact) mass is 372 g/mol. The number of methoxy groups -OCH3 is 2. The van der Waals surface area contributed by atoms with Gasteiger partial charge in [-0.25, -0.2) is 4.79 Å². The average molecular weight is 372 g/mol. The molecule has 8 heteroatoms. The second-order valence-electron chi connectivity index (χ2n) is 5.46. The van der Waals surface area contributed by atoms with Crippen molar-refractivity contribution in [3.05, 3.63) is 48.0 Å². The number of ether oxygens (including phenoxy) is 3. The lowest BCUT2D eigenvalue weighted by molar-refractivity contribution is -0.119. The van der Waals surface area contributed by atoms with Gasteiger partial charge in [0.2, 0.25) is 5.91 Å². The maximum atomic E-state index is 12.1. The molecule has 2 amide bonds. The van der Waals surface area contributed by atoms with Crippen LogP contribution in [0.1, 0.15) is 17.3 Å². The Morgan fingerprint density at radius 3 is 2.26 bits per heavy atom. The van der Waals surface area contributed by atoms with E-state index in [1.807, 2.05) is 0 Å². The highest BCUT2D eigenvalue weighted by molar-refractivity contribution is 5.97. The van der Waals surface area contributed by atoms with Crippen LogP contribution in [-0.4, -0.2) is 38.6 Å². The minimum absolute atomic E-state index is 0.222. The number of benzene rings is 2. The van der Waals surface area contributed by atoms with Crippen LogP contribution in [0.15, 0.2) is 42.5 Å². The van der Waals surface area contributed by atoms with Crippen LogP contribution in [0.25, 0.3) is 0 Å². The van der Waals surface area contributed by atoms with E-state index >= 15 is 0 Å². The van der Waals surface area contributed by atoms with Crippen LogP contribution >= 0.6 is 0 Å². The Morgan fingerprint density at radius 2 is 1.59 bits per heavy atom. The summed E-state index contributed by atoms with van der Waals surface area (Å²) < 4.78 is 15.3. The lowest BCUT2D eigenvalue weighted by atomic mass is 10.2. The first-order valence-electron chi connectivity index (χ1n) is 7.99. The Morgan fingerprint density at radius 1 is 0.889 bits per heavy atom. The minimum Gasteiger partial charge on any atom is -0.493 e. The van der Waals surface area contributed by atoms with Crippen LogP contribution in [0.3, 0.4) is 0 Å². The molecule has 0 aliphatic rings. The van der Waals surface area contributed by atoms with Crippen LogP contribution in [-0.2, 0) is 14.3 Å². The van der Waals surface area contributed by atoms with Crippen molar-refractivity contribution in [1.29, 1.82) is 0 Å². The van der Waals surface area contributed by atoms with E-state index in [-0.39, 0.29) is 11.5 Å². The standard InChI is InChI=1S/C19H20N2O6/c1-12(22)20-14-6-4-5-13(9-14)19(24)27-11-18(23)21-15-7-8-16(25-2)17(10-15)26-3/h4-10H,11H2,1-3H3,(H,20,22)(H,21,23). The molecule has 0 aliphatic carbocycles. The third kappa shape index (κ3) is 5.74. The molecule has 2 N–H and O–H groups in total. The second-order valence-corrected chi connectivity index (χ2v) is 5.46. The van der Waals surface area contributed by atoms with Crippen molar-refractivity contribution >= 4 is 29.2 Å². The van der Waals surface area contributed by atoms with Gasteiger partial charge in [-0.1, -0.05) is 6.07 Å². The van der Waals surface area contributed by atoms with E-state index in [9.17, 15) is 14.4 Å². The van der Waals surface area contributed by atoms with Gasteiger partial charge in [0.25, 0.3) is 5.91 Å². The number of nitrogens with one attached hydrogen (secondary N) is 2. The molecular weight excluding hydrogens is 352 g/mol. The molecular formula is C19H20N2O6. The van der Waals surface area contributed by atoms with E-state index in [1.165, 1.54) is 33.3 Å². The van der Waals surface area contributed by atoms with Gasteiger partial charge < -0.3 is 24.8 Å². The predicted molar refractivity (Wildman–Crippen MR) is 99.2 cm³/mol. The Hall–Kier alpha value is -3.55. The van der Waals surface area contributed by atoms with Crippen LogP contribution < -0.4 is 20.1 Å². The molecule has 8 nitrogen and oxygen atoms in total. The molecule has 2 aromatic carbocycles. The molecule has 0 aliphatic heterocycles. The Labute approximate surface area is 156 Å². The molecule has 0 saturated carbocycles. The molecule has 0 bridgehead atoms. The van der Waals surface area contributed by atoms with E-state index in [1.54, 1.807) is 30.3 Å². The SMILES string of the molecule is COc1ccc(NC(=O)COC(=O)c2cccc(NC(C)=O)c2)cc1OC. The third-order valence-electron chi connectivity index (χ3n) is 3.42. The number of hydrogen-bond acceptors (Lipinski definition) is 6. The average Bonchev–Trinajstić information content (AvgIpc) is 2.65. The molecule has 0 unspecified atom stereocenters. The fourth-order valence-electron chi connectivity index (χ4n) is 2.25. The molecule has 0 aromatic heterocycles. The van der Waals surface area contributed by atoms with E-state index in [0.29, 0.717) is 22.9 Å². The van der Waals surface area contributed by atoms with Crippen LogP contribution in [0.5, 0.6) is 11.5 Å². The smallest absolute Gasteiger partial charge is 0.338 e. The summed E-state index contributed by atoms with van der Waals surface area (Å²) in [6.07, 6.45) is 0. The zero-order valence-corrected chi connectivity index (χ0v) is 15.2. The lowest BCUT2D eigenvalue weighted by Crippen LogP contribution is -2.21. The molecule has 0 radical (unpaired) electrons. The molecule has 2 rings (SSSR count). The Bertz CT molecular complexity index is 850. The van der Waals surface area contributed by atoms with E-state index in [0.717, 1.165) is 0 Å². The van der Waals surface area contributed by atoms with Crippen molar-refractivity contribution in [2.24, 2.45) is 0 Å². The lowest BCUT2D eigenvalue weighted by Gasteiger charge is -2.11. The summed E-state index contributed by atoms with van der Waals surface area (Å²) in [6.45, 7) is 0.904. The molecule has 27 heavy (non-hydrogen) atoms. The number of anilines is 2. The molecule has 142 valence electrons. The topological polar surface area (TPSA) is 103 Å². The molecule has 2 aromatic rings. The van der Waals surface area contributed by atoms with Gasteiger partial charge in [0.15, 0.2) is 18.1 Å². The summed E-state index contributed by atoms with van der Waals surface area (Å²) in [7, 11) is 3.00. The summed E-state index contributed by atoms with van der Waals surface area (Å²) in [5.41, 5.74) is 1.16. The molecule has 0 fully saturated rings. The highest BCUT2D eigenvalue weighted by Gasteiger charge is 2.12. The highest BCUT2D eigenvalue weighted by Crippen LogP contribution is 2.29. The van der Waals surface area contributed by atoms with Crippen molar-refractivity contribution in [1.82, 2.24) is 0 Å². The zero-order valence-electron chi connectivity index (χ0n) is 15.2. The van der Waals surface area contributed by atoms with E-state index < -0.39 is 18.5 Å². The number of hydrogen-bond donors (Lipinski definition) is 2. The molecule has 0 heterocycles. The maximum absolute atomic E-state index is 12.1. The Balaban J connectivity index is 1.93. The van der Waals surface area contributed by atoms with Gasteiger partial charge >= 0.3 is 5.97 Å². The van der Waals surface area contributed by atoms with Gasteiger partial charge in [0.1, 0.15) is 0 Å². The fourth-order valence-corrected chi connectivity index (χ4v) is 2.25. The van der Waals surface area contributed by atoms with Crippen molar-refractivity contribution in [2.45, 2.75) is 6.92 Å². The summed E-state index contributed by atoms with van der Waals surface area (Å²) >= 11 is 0. The van der Waals surface area contributed by atoms with Crippen LogP contribution in [0.2, 0.25) is 0 Å². The van der Waals surface area contributed by atoms with Gasteiger partial charge in [-0.15, -0.1) is 0 Å². The van der Waals surface area contributed by atoms with E-state index in [4.69, 9.17) is 14.2 Å². The minimum atomic E-state index is -0.676. The van der Waals surface area contributed by atoms with Gasteiger partial charge in [0.05, 0.1) is 19.8 Å². The van der Waals surface area contributed by atoms with E-state index in [2.05, 4.69) is 10.6 Å². The van der Waals surface area contributed by atoms with Crippen molar-refractivity contribution < 1.29 is 28.6 Å². The van der Waals surface area contributed by atoms with Gasteiger partial charge in [0, 0.05) is 24.4 Å². The molecule has 0 spiro atoms. The number of carbonyl (C=O) groups is 3. The zero-order chi connectivity index (χ0) is 19.8. The second kappa shape index (κ2) is 9.23. The van der Waals surface area contributed by atoms with Crippen LogP contribution in [0, 0.1) is 0 Å². The highest BCUT2D eigenvalue weighted by atomic mass is 16.5. The van der Waals surface area contributed by atoms with Crippen molar-refractivity contribution in [3.63, 3.8) is 0 Å². The van der Waals surface area contributed by atoms with Gasteiger partial charge in [-0.3, -0.25) is 9.59 Å². The van der Waals surface area contributed by atoms with Gasteiger partial charge in [-0.2, -0.15) is 0 Å². The largest absolute Gasteiger partial charge is 0.493 e. The normalized spacial score (nSPS) is 9.89. The molecule has 0 atom stereocenters. The quantitative estimate of drug-likeness (QED) is 0.724. The summed E-state index contributed by atoms with van der Waals surface area (Å²) in [5.74, 6) is -0.448. The first kappa shape index (κ1) is 19.8. The summed E-state index contributed by atoms with van der Waals surface area (Å²) in [4.78, 5) is 35.1. The number of esters is 1. The van der Waals surface area contributed by atoms with Crippen molar-refractivity contribution in [3.8, 4) is 11.5 Å². The first-order chi connectivity index (χ1) is 12.9. The summed E-state index contributed by atoms with van der Waals surface area (Å²) in [6, 6.07) is 11.1. The third-order valence-corrected chi connectivity index (χ3v) is 3.42. The predicted octanol–water partition coefficient (Wildman–Crippen LogP) is 2.46. The number of rotatable bonds is 7. The van der Waals surface area contributed by atoms with Crippen molar-refractivity contribution in [2.75, 3.05) is 31.5 Å². The maximum Gasteiger partial charge on any atom is 0.338 e. The molecule has 0 saturated heterocycles. The number of amides is 2. The first-order valence-corrected chi connectivity index (χ1v) is 7.99. The summed E-state index contributed by atoms with van der Waals surface area (Å²) in [5, 5.41) is 5.17. The van der Waals surface area contributed by atoms with Gasteiger partial charge in [-0.05, 0) is 30.3 Å². The van der Waals surface area contributed by atoms with Crippen LogP contribution in [0.4, 0.5) is 11.4 Å². The Kier molecular flexibility index (Phi) is 6.76.